The highest BCUT2D eigenvalue weighted by atomic mass is 16.3. The molecule has 1 aliphatic rings. The molecule has 0 aliphatic heterocycles. The number of phenols is 2. The lowest BCUT2D eigenvalue weighted by Crippen LogP contribution is -2.39. The van der Waals surface area contributed by atoms with Crippen LogP contribution in [0.2, 0.25) is 0 Å². The standard InChI is InChI=1S/C14H17NO4/c1-15(10-3-5-11(16)6-4-10)14(19)9-2-7-12(17)13(18)8-9/h2,7-8,10,17-18H,3-6H2,1H3. The van der Waals surface area contributed by atoms with Crippen molar-refractivity contribution < 1.29 is 19.8 Å². The summed E-state index contributed by atoms with van der Waals surface area (Å²) in [6, 6.07) is 4.08. The van der Waals surface area contributed by atoms with Gasteiger partial charge in [-0.15, -0.1) is 0 Å². The zero-order valence-corrected chi connectivity index (χ0v) is 10.8. The van der Waals surface area contributed by atoms with Crippen LogP contribution in [-0.4, -0.2) is 39.9 Å². The monoisotopic (exact) mass is 263 g/mol. The molecule has 1 fully saturated rings. The molecule has 5 nitrogen and oxygen atoms in total. The van der Waals surface area contributed by atoms with E-state index in [9.17, 15) is 19.8 Å². The zero-order valence-electron chi connectivity index (χ0n) is 10.8. The second-order valence-corrected chi connectivity index (χ2v) is 4.89. The van der Waals surface area contributed by atoms with Gasteiger partial charge in [0.15, 0.2) is 11.5 Å². The predicted octanol–water partition coefficient (Wildman–Crippen LogP) is 1.68. The van der Waals surface area contributed by atoms with Crippen molar-refractivity contribution in [3.8, 4) is 11.5 Å². The van der Waals surface area contributed by atoms with Crippen LogP contribution in [0.5, 0.6) is 11.5 Å². The van der Waals surface area contributed by atoms with Gasteiger partial charge >= 0.3 is 0 Å². The minimum absolute atomic E-state index is 0.0566. The minimum atomic E-state index is -0.307. The number of amides is 1. The fourth-order valence-corrected chi connectivity index (χ4v) is 2.34. The Bertz CT molecular complexity index is 502. The van der Waals surface area contributed by atoms with E-state index in [0.29, 0.717) is 31.2 Å². The molecule has 0 spiro atoms. The van der Waals surface area contributed by atoms with E-state index in [0.717, 1.165) is 0 Å². The summed E-state index contributed by atoms with van der Waals surface area (Å²) in [7, 11) is 1.70. The number of aromatic hydroxyl groups is 2. The normalized spacial score (nSPS) is 16.4. The van der Waals surface area contributed by atoms with E-state index in [2.05, 4.69) is 0 Å². The van der Waals surface area contributed by atoms with Crippen molar-refractivity contribution in [3.63, 3.8) is 0 Å². The molecule has 102 valence electrons. The zero-order chi connectivity index (χ0) is 14.0. The van der Waals surface area contributed by atoms with Gasteiger partial charge in [0.1, 0.15) is 5.78 Å². The van der Waals surface area contributed by atoms with Gasteiger partial charge in [-0.1, -0.05) is 0 Å². The first-order chi connectivity index (χ1) is 8.99. The third kappa shape index (κ3) is 2.86. The van der Waals surface area contributed by atoms with Crippen molar-refractivity contribution >= 4 is 11.7 Å². The maximum absolute atomic E-state index is 12.2. The quantitative estimate of drug-likeness (QED) is 0.796. The molecule has 2 N–H and O–H groups in total. The Kier molecular flexibility index (Phi) is 3.74. The average Bonchev–Trinajstić information content (AvgIpc) is 2.41. The fourth-order valence-electron chi connectivity index (χ4n) is 2.34. The van der Waals surface area contributed by atoms with Gasteiger partial charge in [0.2, 0.25) is 0 Å². The number of hydrogen-bond acceptors (Lipinski definition) is 4. The van der Waals surface area contributed by atoms with Gasteiger partial charge in [0.05, 0.1) is 0 Å². The van der Waals surface area contributed by atoms with E-state index in [-0.39, 0.29) is 29.2 Å². The molecule has 19 heavy (non-hydrogen) atoms. The SMILES string of the molecule is CN(C(=O)c1ccc(O)c(O)c1)C1CCC(=O)CC1. The number of rotatable bonds is 2. The van der Waals surface area contributed by atoms with E-state index in [1.165, 1.54) is 18.2 Å². The Morgan fingerprint density at radius 1 is 1.21 bits per heavy atom. The third-order valence-electron chi connectivity index (χ3n) is 3.60. The molecule has 0 aromatic heterocycles. The van der Waals surface area contributed by atoms with Crippen LogP contribution in [0.1, 0.15) is 36.0 Å². The second-order valence-electron chi connectivity index (χ2n) is 4.89. The molecule has 0 unspecified atom stereocenters. The van der Waals surface area contributed by atoms with Gasteiger partial charge in [0, 0.05) is 31.5 Å². The van der Waals surface area contributed by atoms with Crippen LogP contribution in [0.15, 0.2) is 18.2 Å². The number of Topliss-reactive ketones (excluding diaryl/α,β-unsaturated/α-hetero) is 1. The smallest absolute Gasteiger partial charge is 0.253 e. The molecule has 0 atom stereocenters. The molecule has 0 bridgehead atoms. The predicted molar refractivity (Wildman–Crippen MR) is 69.1 cm³/mol. The van der Waals surface area contributed by atoms with Gasteiger partial charge < -0.3 is 15.1 Å². The Morgan fingerprint density at radius 3 is 2.42 bits per heavy atom. The number of phenolic OH excluding ortho intramolecular Hbond substituents is 2. The third-order valence-corrected chi connectivity index (χ3v) is 3.60. The van der Waals surface area contributed by atoms with Crippen LogP contribution in [0.3, 0.4) is 0 Å². The highest BCUT2D eigenvalue weighted by Crippen LogP contribution is 2.27. The first-order valence-electron chi connectivity index (χ1n) is 6.30. The maximum Gasteiger partial charge on any atom is 0.253 e. The second kappa shape index (κ2) is 5.30. The van der Waals surface area contributed by atoms with Gasteiger partial charge in [-0.25, -0.2) is 0 Å². The largest absolute Gasteiger partial charge is 0.504 e. The van der Waals surface area contributed by atoms with Crippen molar-refractivity contribution in [2.45, 2.75) is 31.7 Å². The van der Waals surface area contributed by atoms with Gasteiger partial charge in [-0.3, -0.25) is 9.59 Å². The van der Waals surface area contributed by atoms with Crippen molar-refractivity contribution in [1.82, 2.24) is 4.90 Å². The number of ketones is 1. The van der Waals surface area contributed by atoms with Crippen LogP contribution in [0.25, 0.3) is 0 Å². The Morgan fingerprint density at radius 2 is 1.84 bits per heavy atom. The maximum atomic E-state index is 12.2. The van der Waals surface area contributed by atoms with E-state index in [1.807, 2.05) is 0 Å². The lowest BCUT2D eigenvalue weighted by atomic mass is 9.93. The lowest BCUT2D eigenvalue weighted by Gasteiger charge is -2.30. The number of benzene rings is 1. The number of nitrogens with zero attached hydrogens (tertiary/aromatic N) is 1. The van der Waals surface area contributed by atoms with Crippen molar-refractivity contribution in [2.24, 2.45) is 0 Å². The van der Waals surface area contributed by atoms with E-state index in [4.69, 9.17) is 0 Å². The molecule has 0 radical (unpaired) electrons. The number of hydrogen-bond donors (Lipinski definition) is 2. The van der Waals surface area contributed by atoms with Crippen LogP contribution < -0.4 is 0 Å². The summed E-state index contributed by atoms with van der Waals surface area (Å²) in [6.45, 7) is 0. The summed E-state index contributed by atoms with van der Waals surface area (Å²) < 4.78 is 0. The Balaban J connectivity index is 2.10. The van der Waals surface area contributed by atoms with Gasteiger partial charge in [-0.2, -0.15) is 0 Å². The average molecular weight is 263 g/mol. The molecule has 1 aromatic carbocycles. The highest BCUT2D eigenvalue weighted by Gasteiger charge is 2.26. The van der Waals surface area contributed by atoms with Crippen molar-refractivity contribution in [1.29, 1.82) is 0 Å². The topological polar surface area (TPSA) is 77.8 Å². The summed E-state index contributed by atoms with van der Waals surface area (Å²) in [5.41, 5.74) is 0.328. The first-order valence-corrected chi connectivity index (χ1v) is 6.30. The van der Waals surface area contributed by atoms with Crippen LogP contribution >= 0.6 is 0 Å². The summed E-state index contributed by atoms with van der Waals surface area (Å²) >= 11 is 0. The lowest BCUT2D eigenvalue weighted by molar-refractivity contribution is -0.121. The molecule has 0 saturated heterocycles. The minimum Gasteiger partial charge on any atom is -0.504 e. The number of carbonyl (C=O) groups is 2. The summed E-state index contributed by atoms with van der Waals surface area (Å²) in [4.78, 5) is 25.0. The van der Waals surface area contributed by atoms with Gasteiger partial charge in [-0.05, 0) is 31.0 Å². The molecule has 5 heteroatoms. The van der Waals surface area contributed by atoms with Crippen LogP contribution in [-0.2, 0) is 4.79 Å². The van der Waals surface area contributed by atoms with Crippen molar-refractivity contribution in [2.75, 3.05) is 7.05 Å². The molecular formula is C14H17NO4. The molecule has 1 aliphatic carbocycles. The number of carbonyl (C=O) groups excluding carboxylic acids is 2. The molecular weight excluding hydrogens is 246 g/mol. The molecule has 2 rings (SSSR count). The molecule has 1 amide bonds. The highest BCUT2D eigenvalue weighted by molar-refractivity contribution is 5.95. The van der Waals surface area contributed by atoms with E-state index in [1.54, 1.807) is 11.9 Å². The summed E-state index contributed by atoms with van der Waals surface area (Å²) in [5.74, 6) is -0.519. The Hall–Kier alpha value is -2.04. The van der Waals surface area contributed by atoms with Crippen molar-refractivity contribution in [3.05, 3.63) is 23.8 Å². The molecule has 1 aromatic rings. The summed E-state index contributed by atoms with van der Waals surface area (Å²) in [6.07, 6.45) is 2.41. The summed E-state index contributed by atoms with van der Waals surface area (Å²) in [5, 5.41) is 18.6. The van der Waals surface area contributed by atoms with Crippen LogP contribution in [0.4, 0.5) is 0 Å². The van der Waals surface area contributed by atoms with Gasteiger partial charge in [0.25, 0.3) is 5.91 Å². The van der Waals surface area contributed by atoms with Crippen LogP contribution in [0, 0.1) is 0 Å². The first kappa shape index (κ1) is 13.4. The molecule has 1 saturated carbocycles. The van der Waals surface area contributed by atoms with E-state index >= 15 is 0 Å². The molecule has 0 heterocycles. The Labute approximate surface area is 111 Å². The van der Waals surface area contributed by atoms with E-state index < -0.39 is 0 Å². The fraction of sp³-hybridized carbons (Fsp3) is 0.429.